The van der Waals surface area contributed by atoms with E-state index in [1.807, 2.05) is 0 Å². The molecule has 5 nitrogen and oxygen atoms in total. The van der Waals surface area contributed by atoms with Crippen LogP contribution < -0.4 is 16.2 Å². The number of ether oxygens (including phenoxy) is 1. The van der Waals surface area contributed by atoms with E-state index < -0.39 is 5.91 Å². The number of nitrogens with zero attached hydrogens (tertiary/aromatic N) is 1. The van der Waals surface area contributed by atoms with Crippen molar-refractivity contribution in [1.29, 1.82) is 0 Å². The minimum absolute atomic E-state index is 0.390. The highest BCUT2D eigenvalue weighted by molar-refractivity contribution is 5.94. The summed E-state index contributed by atoms with van der Waals surface area (Å²) in [6.45, 7) is 10.0. The van der Waals surface area contributed by atoms with Gasteiger partial charge in [0.15, 0.2) is 0 Å². The Kier molecular flexibility index (Phi) is 5.82. The van der Waals surface area contributed by atoms with Crippen molar-refractivity contribution in [2.24, 2.45) is 5.73 Å². The van der Waals surface area contributed by atoms with Crippen molar-refractivity contribution >= 4 is 11.6 Å². The maximum absolute atomic E-state index is 11.0. The first-order valence-corrected chi connectivity index (χ1v) is 6.90. The lowest BCUT2D eigenvalue weighted by Gasteiger charge is -2.30. The van der Waals surface area contributed by atoms with E-state index in [4.69, 9.17) is 16.2 Å². The van der Waals surface area contributed by atoms with Gasteiger partial charge < -0.3 is 16.2 Å². The molecule has 0 heterocycles. The molecular formula is C15H25N3O2. The minimum atomic E-state index is -0.492. The monoisotopic (exact) mass is 279 g/mol. The van der Waals surface area contributed by atoms with Gasteiger partial charge in [-0.15, -0.1) is 0 Å². The number of rotatable bonds is 7. The van der Waals surface area contributed by atoms with Crippen molar-refractivity contribution in [3.8, 4) is 5.75 Å². The van der Waals surface area contributed by atoms with Gasteiger partial charge >= 0.3 is 0 Å². The Hall–Kier alpha value is -1.75. The van der Waals surface area contributed by atoms with E-state index in [1.165, 1.54) is 0 Å². The van der Waals surface area contributed by atoms with E-state index in [0.29, 0.717) is 35.7 Å². The summed E-state index contributed by atoms with van der Waals surface area (Å²) in [6, 6.07) is 5.78. The second kappa shape index (κ2) is 7.14. The number of amides is 1. The number of carbonyl (C=O) groups is 1. The standard InChI is InChI=1S/C15H25N3O2/c1-10(2)18(11(3)4)7-8-20-14-6-5-12(15(17)19)9-13(14)16/h5-6,9-11H,7-8,16H2,1-4H3,(H2,17,19). The molecule has 0 saturated heterocycles. The highest BCUT2D eigenvalue weighted by Crippen LogP contribution is 2.22. The van der Waals surface area contributed by atoms with Crippen LogP contribution in [-0.4, -0.2) is 36.0 Å². The highest BCUT2D eigenvalue weighted by atomic mass is 16.5. The number of carbonyl (C=O) groups excluding carboxylic acids is 1. The SMILES string of the molecule is CC(C)N(CCOc1ccc(C(N)=O)cc1N)C(C)C. The average molecular weight is 279 g/mol. The van der Waals surface area contributed by atoms with Crippen LogP contribution in [0, 0.1) is 0 Å². The number of hydrogen-bond donors (Lipinski definition) is 2. The molecule has 0 saturated carbocycles. The molecule has 20 heavy (non-hydrogen) atoms. The third-order valence-electron chi connectivity index (χ3n) is 3.23. The van der Waals surface area contributed by atoms with Gasteiger partial charge in [-0.1, -0.05) is 0 Å². The molecule has 0 radical (unpaired) electrons. The largest absolute Gasteiger partial charge is 0.490 e. The zero-order chi connectivity index (χ0) is 15.3. The van der Waals surface area contributed by atoms with E-state index in [1.54, 1.807) is 18.2 Å². The van der Waals surface area contributed by atoms with Gasteiger partial charge in [0.1, 0.15) is 12.4 Å². The predicted molar refractivity (Wildman–Crippen MR) is 81.8 cm³/mol. The van der Waals surface area contributed by atoms with Gasteiger partial charge in [-0.25, -0.2) is 0 Å². The van der Waals surface area contributed by atoms with Crippen LogP contribution in [-0.2, 0) is 0 Å². The lowest BCUT2D eigenvalue weighted by molar-refractivity contribution is 0.1000. The van der Waals surface area contributed by atoms with Crippen molar-refractivity contribution in [2.75, 3.05) is 18.9 Å². The molecule has 0 aliphatic heterocycles. The Labute approximate surface area is 120 Å². The van der Waals surface area contributed by atoms with Crippen LogP contribution in [0.4, 0.5) is 5.69 Å². The van der Waals surface area contributed by atoms with E-state index in [-0.39, 0.29) is 0 Å². The molecule has 0 aliphatic carbocycles. The van der Waals surface area contributed by atoms with Crippen molar-refractivity contribution in [1.82, 2.24) is 4.90 Å². The number of nitrogen functional groups attached to an aromatic ring is 1. The van der Waals surface area contributed by atoms with E-state index >= 15 is 0 Å². The first kappa shape index (κ1) is 16.3. The first-order valence-electron chi connectivity index (χ1n) is 6.90. The van der Waals surface area contributed by atoms with Gasteiger partial charge in [-0.3, -0.25) is 9.69 Å². The van der Waals surface area contributed by atoms with Crippen LogP contribution in [0.3, 0.4) is 0 Å². The summed E-state index contributed by atoms with van der Waals surface area (Å²) < 4.78 is 5.68. The number of primary amides is 1. The number of nitrogens with two attached hydrogens (primary N) is 2. The van der Waals surface area contributed by atoms with Crippen LogP contribution in [0.15, 0.2) is 18.2 Å². The molecule has 4 N–H and O–H groups in total. The molecular weight excluding hydrogens is 254 g/mol. The Morgan fingerprint density at radius 3 is 2.30 bits per heavy atom. The molecule has 1 rings (SSSR count). The molecule has 0 atom stereocenters. The molecule has 1 aromatic rings. The summed E-state index contributed by atoms with van der Waals surface area (Å²) in [5.74, 6) is 0.0940. The predicted octanol–water partition coefficient (Wildman–Crippen LogP) is 1.87. The van der Waals surface area contributed by atoms with Crippen molar-refractivity contribution in [3.05, 3.63) is 23.8 Å². The molecule has 0 aliphatic rings. The first-order chi connectivity index (χ1) is 9.32. The lowest BCUT2D eigenvalue weighted by Crippen LogP contribution is -2.39. The minimum Gasteiger partial charge on any atom is -0.490 e. The topological polar surface area (TPSA) is 81.6 Å². The number of benzene rings is 1. The Morgan fingerprint density at radius 1 is 1.25 bits per heavy atom. The Bertz CT molecular complexity index is 450. The summed E-state index contributed by atoms with van der Waals surface area (Å²) in [5, 5.41) is 0. The molecule has 0 aromatic heterocycles. The molecule has 1 aromatic carbocycles. The van der Waals surface area contributed by atoms with Crippen LogP contribution in [0.5, 0.6) is 5.75 Å². The van der Waals surface area contributed by atoms with Crippen LogP contribution >= 0.6 is 0 Å². The molecule has 5 heteroatoms. The van der Waals surface area contributed by atoms with Crippen molar-refractivity contribution < 1.29 is 9.53 Å². The second-order valence-corrected chi connectivity index (χ2v) is 5.39. The van der Waals surface area contributed by atoms with Gasteiger partial charge in [0.25, 0.3) is 0 Å². The maximum Gasteiger partial charge on any atom is 0.248 e. The summed E-state index contributed by atoms with van der Waals surface area (Å²) >= 11 is 0. The van der Waals surface area contributed by atoms with Crippen LogP contribution in [0.25, 0.3) is 0 Å². The van der Waals surface area contributed by atoms with Crippen LogP contribution in [0.2, 0.25) is 0 Å². The van der Waals surface area contributed by atoms with Crippen molar-refractivity contribution in [3.63, 3.8) is 0 Å². The van der Waals surface area contributed by atoms with E-state index in [2.05, 4.69) is 32.6 Å². The molecule has 0 bridgehead atoms. The fourth-order valence-corrected chi connectivity index (χ4v) is 2.21. The molecule has 0 fully saturated rings. The molecule has 0 spiro atoms. The fourth-order valence-electron chi connectivity index (χ4n) is 2.21. The summed E-state index contributed by atoms with van der Waals surface area (Å²) in [4.78, 5) is 13.4. The molecule has 0 unspecified atom stereocenters. The summed E-state index contributed by atoms with van der Waals surface area (Å²) in [7, 11) is 0. The normalized spacial score (nSPS) is 11.3. The van der Waals surface area contributed by atoms with E-state index in [9.17, 15) is 4.79 Å². The quantitative estimate of drug-likeness (QED) is 0.746. The highest BCUT2D eigenvalue weighted by Gasteiger charge is 2.13. The Morgan fingerprint density at radius 2 is 1.85 bits per heavy atom. The number of anilines is 1. The zero-order valence-corrected chi connectivity index (χ0v) is 12.7. The van der Waals surface area contributed by atoms with Crippen molar-refractivity contribution in [2.45, 2.75) is 39.8 Å². The third-order valence-corrected chi connectivity index (χ3v) is 3.23. The van der Waals surface area contributed by atoms with Gasteiger partial charge in [-0.2, -0.15) is 0 Å². The van der Waals surface area contributed by atoms with Gasteiger partial charge in [0, 0.05) is 24.2 Å². The zero-order valence-electron chi connectivity index (χ0n) is 12.7. The smallest absolute Gasteiger partial charge is 0.248 e. The molecule has 112 valence electrons. The van der Waals surface area contributed by atoms with E-state index in [0.717, 1.165) is 6.54 Å². The summed E-state index contributed by atoms with van der Waals surface area (Å²) in [6.07, 6.45) is 0. The van der Waals surface area contributed by atoms with Crippen LogP contribution in [0.1, 0.15) is 38.1 Å². The number of hydrogen-bond acceptors (Lipinski definition) is 4. The fraction of sp³-hybridized carbons (Fsp3) is 0.533. The summed E-state index contributed by atoms with van der Waals surface area (Å²) in [5.41, 5.74) is 11.9. The Balaban J connectivity index is 2.60. The molecule has 1 amide bonds. The third kappa shape index (κ3) is 4.42. The lowest BCUT2D eigenvalue weighted by atomic mass is 10.2. The van der Waals surface area contributed by atoms with Gasteiger partial charge in [-0.05, 0) is 45.9 Å². The van der Waals surface area contributed by atoms with Gasteiger partial charge in [0.05, 0.1) is 5.69 Å². The average Bonchev–Trinajstić information content (AvgIpc) is 2.34. The van der Waals surface area contributed by atoms with Gasteiger partial charge in [0.2, 0.25) is 5.91 Å². The second-order valence-electron chi connectivity index (χ2n) is 5.39. The maximum atomic E-state index is 11.0.